The average Bonchev–Trinajstić information content (AvgIpc) is 2.52. The predicted molar refractivity (Wildman–Crippen MR) is 96.4 cm³/mol. The van der Waals surface area contributed by atoms with Gasteiger partial charge in [-0.1, -0.05) is 56.2 Å². The molecule has 0 aromatic rings. The molecule has 0 radical (unpaired) electrons. The zero-order chi connectivity index (χ0) is 18.1. The van der Waals surface area contributed by atoms with Gasteiger partial charge in [-0.15, -0.1) is 0 Å². The van der Waals surface area contributed by atoms with Gasteiger partial charge in [-0.25, -0.2) is 0 Å². The summed E-state index contributed by atoms with van der Waals surface area (Å²) in [4.78, 5) is 10.3. The first-order valence-electron chi connectivity index (χ1n) is 8.73. The van der Waals surface area contributed by atoms with Crippen LogP contribution in [0.15, 0.2) is 48.6 Å². The first kappa shape index (κ1) is 22.3. The Kier molecular flexibility index (Phi) is 13.8. The Morgan fingerprint density at radius 2 is 1.46 bits per heavy atom. The fraction of sp³-hybridized carbons (Fsp3) is 0.550. The zero-order valence-corrected chi connectivity index (χ0v) is 14.6. The van der Waals surface area contributed by atoms with Crippen molar-refractivity contribution in [3.63, 3.8) is 0 Å². The molecule has 2 nitrogen and oxygen atoms in total. The van der Waals surface area contributed by atoms with Crippen molar-refractivity contribution in [1.82, 2.24) is 0 Å². The third kappa shape index (κ3) is 16.7. The number of aliphatic carboxylic acids is 1. The van der Waals surface area contributed by atoms with Crippen LogP contribution in [0.5, 0.6) is 0 Å². The van der Waals surface area contributed by atoms with Crippen molar-refractivity contribution in [3.8, 4) is 0 Å². The molecular formula is C20H30F2O2. The molecule has 24 heavy (non-hydrogen) atoms. The van der Waals surface area contributed by atoms with Gasteiger partial charge in [0.05, 0.1) is 0 Å². The van der Waals surface area contributed by atoms with Crippen molar-refractivity contribution in [2.75, 3.05) is 0 Å². The molecule has 0 aromatic carbocycles. The van der Waals surface area contributed by atoms with Crippen LogP contribution in [-0.2, 0) is 4.79 Å². The summed E-state index contributed by atoms with van der Waals surface area (Å²) in [5, 5.41) is 8.45. The molecule has 0 rings (SSSR count). The van der Waals surface area contributed by atoms with Crippen molar-refractivity contribution in [3.05, 3.63) is 48.6 Å². The summed E-state index contributed by atoms with van der Waals surface area (Å²) in [7, 11) is 0. The standard InChI is InChI=1S/C20H30F2O2/c1-2-3-4-5-6-7-8-9-10-11-14-17-20(21,22)18-15-12-13-16-19(23)24/h6-7,9-10,14-15,17-18H,2-5,8,11-13,16H2,1H3,(H,23,24). The Labute approximate surface area is 144 Å². The molecule has 0 amide bonds. The van der Waals surface area contributed by atoms with Gasteiger partial charge < -0.3 is 5.11 Å². The Balaban J connectivity index is 3.84. The Hall–Kier alpha value is -1.71. The molecule has 4 heteroatoms. The van der Waals surface area contributed by atoms with E-state index in [0.717, 1.165) is 25.0 Å². The van der Waals surface area contributed by atoms with E-state index in [1.54, 1.807) is 0 Å². The molecule has 0 spiro atoms. The predicted octanol–water partition coefficient (Wildman–Crippen LogP) is 6.46. The summed E-state index contributed by atoms with van der Waals surface area (Å²) in [6.07, 6.45) is 19.5. The number of carbonyl (C=O) groups is 1. The van der Waals surface area contributed by atoms with Gasteiger partial charge in [0.15, 0.2) is 0 Å². The minimum atomic E-state index is -2.98. The van der Waals surface area contributed by atoms with Gasteiger partial charge in [-0.3, -0.25) is 4.79 Å². The number of allylic oxidation sites excluding steroid dienone is 8. The van der Waals surface area contributed by atoms with Crippen molar-refractivity contribution >= 4 is 5.97 Å². The Morgan fingerprint density at radius 3 is 2.12 bits per heavy atom. The second-order valence-corrected chi connectivity index (χ2v) is 5.68. The summed E-state index contributed by atoms with van der Waals surface area (Å²) in [5.74, 6) is -3.88. The summed E-state index contributed by atoms with van der Waals surface area (Å²) in [5.41, 5.74) is 0. The SMILES string of the molecule is CCCCCC=CCC=CCC=CC(F)(F)C=CCCCC(=O)O. The lowest BCUT2D eigenvalue weighted by Gasteiger charge is -2.04. The number of rotatable bonds is 14. The van der Waals surface area contributed by atoms with E-state index in [1.165, 1.54) is 31.4 Å². The number of carboxylic acid groups (broad SMARTS) is 1. The molecular weight excluding hydrogens is 310 g/mol. The molecule has 0 bridgehead atoms. The molecule has 0 aliphatic carbocycles. The highest BCUT2D eigenvalue weighted by Crippen LogP contribution is 2.18. The van der Waals surface area contributed by atoms with Crippen LogP contribution in [0.1, 0.15) is 64.7 Å². The van der Waals surface area contributed by atoms with Crippen LogP contribution in [-0.4, -0.2) is 17.0 Å². The van der Waals surface area contributed by atoms with Gasteiger partial charge in [0.25, 0.3) is 5.92 Å². The third-order valence-electron chi connectivity index (χ3n) is 3.29. The van der Waals surface area contributed by atoms with Crippen molar-refractivity contribution in [2.24, 2.45) is 0 Å². The monoisotopic (exact) mass is 340 g/mol. The van der Waals surface area contributed by atoms with E-state index < -0.39 is 11.9 Å². The van der Waals surface area contributed by atoms with E-state index in [4.69, 9.17) is 5.11 Å². The number of hydrogen-bond acceptors (Lipinski definition) is 1. The molecule has 136 valence electrons. The van der Waals surface area contributed by atoms with Gasteiger partial charge in [-0.05, 0) is 50.7 Å². The maximum Gasteiger partial charge on any atom is 0.303 e. The van der Waals surface area contributed by atoms with E-state index >= 15 is 0 Å². The van der Waals surface area contributed by atoms with Crippen LogP contribution in [0, 0.1) is 0 Å². The van der Waals surface area contributed by atoms with E-state index in [1.807, 2.05) is 12.2 Å². The minimum Gasteiger partial charge on any atom is -0.481 e. The molecule has 0 fully saturated rings. The normalized spacial score (nSPS) is 13.1. The smallest absolute Gasteiger partial charge is 0.303 e. The van der Waals surface area contributed by atoms with Crippen LogP contribution < -0.4 is 0 Å². The molecule has 0 aliphatic rings. The van der Waals surface area contributed by atoms with Crippen LogP contribution in [0.2, 0.25) is 0 Å². The molecule has 0 aliphatic heterocycles. The lowest BCUT2D eigenvalue weighted by molar-refractivity contribution is -0.137. The second kappa shape index (κ2) is 14.9. The fourth-order valence-electron chi connectivity index (χ4n) is 1.97. The molecule has 0 atom stereocenters. The van der Waals surface area contributed by atoms with E-state index in [9.17, 15) is 13.6 Å². The number of carboxylic acids is 1. The average molecular weight is 340 g/mol. The van der Waals surface area contributed by atoms with Crippen LogP contribution in [0.25, 0.3) is 0 Å². The summed E-state index contributed by atoms with van der Waals surface area (Å²) < 4.78 is 26.9. The van der Waals surface area contributed by atoms with Crippen LogP contribution in [0.3, 0.4) is 0 Å². The molecule has 0 aromatic heterocycles. The third-order valence-corrected chi connectivity index (χ3v) is 3.29. The second-order valence-electron chi connectivity index (χ2n) is 5.68. The lowest BCUT2D eigenvalue weighted by atomic mass is 10.2. The summed E-state index contributed by atoms with van der Waals surface area (Å²) >= 11 is 0. The first-order valence-corrected chi connectivity index (χ1v) is 8.73. The number of halogens is 2. The van der Waals surface area contributed by atoms with Crippen molar-refractivity contribution in [2.45, 2.75) is 70.6 Å². The van der Waals surface area contributed by atoms with Crippen LogP contribution >= 0.6 is 0 Å². The van der Waals surface area contributed by atoms with Crippen molar-refractivity contribution < 1.29 is 18.7 Å². The molecule has 0 saturated carbocycles. The first-order chi connectivity index (χ1) is 11.5. The molecule has 0 saturated heterocycles. The Morgan fingerprint density at radius 1 is 0.875 bits per heavy atom. The van der Waals surface area contributed by atoms with Crippen LogP contribution in [0.4, 0.5) is 8.78 Å². The van der Waals surface area contributed by atoms with Gasteiger partial charge in [0, 0.05) is 6.42 Å². The summed E-state index contributed by atoms with van der Waals surface area (Å²) in [6, 6.07) is 0. The number of unbranched alkanes of at least 4 members (excludes halogenated alkanes) is 4. The maximum atomic E-state index is 13.5. The topological polar surface area (TPSA) is 37.3 Å². The zero-order valence-electron chi connectivity index (χ0n) is 14.6. The van der Waals surface area contributed by atoms with E-state index in [0.29, 0.717) is 19.3 Å². The molecule has 0 unspecified atom stereocenters. The number of alkyl halides is 2. The maximum absolute atomic E-state index is 13.5. The van der Waals surface area contributed by atoms with Gasteiger partial charge in [0.1, 0.15) is 0 Å². The summed E-state index contributed by atoms with van der Waals surface area (Å²) in [6.45, 7) is 2.18. The molecule has 1 N–H and O–H groups in total. The number of hydrogen-bond donors (Lipinski definition) is 1. The minimum absolute atomic E-state index is 0.00357. The van der Waals surface area contributed by atoms with Crippen molar-refractivity contribution in [1.29, 1.82) is 0 Å². The highest BCUT2D eigenvalue weighted by Gasteiger charge is 2.19. The quantitative estimate of drug-likeness (QED) is 0.291. The highest BCUT2D eigenvalue weighted by atomic mass is 19.3. The van der Waals surface area contributed by atoms with Gasteiger partial charge >= 0.3 is 5.97 Å². The Bertz CT molecular complexity index is 435. The van der Waals surface area contributed by atoms with Gasteiger partial charge in [0.2, 0.25) is 0 Å². The van der Waals surface area contributed by atoms with E-state index in [-0.39, 0.29) is 6.42 Å². The largest absolute Gasteiger partial charge is 0.481 e. The lowest BCUT2D eigenvalue weighted by Crippen LogP contribution is -2.06. The van der Waals surface area contributed by atoms with E-state index in [2.05, 4.69) is 19.1 Å². The fourth-order valence-corrected chi connectivity index (χ4v) is 1.97. The molecule has 0 heterocycles. The highest BCUT2D eigenvalue weighted by molar-refractivity contribution is 5.66. The van der Waals surface area contributed by atoms with Gasteiger partial charge in [-0.2, -0.15) is 8.78 Å².